The fourth-order valence-corrected chi connectivity index (χ4v) is 3.47. The molecular formula is C18H26F3N3O. The number of primary amides is 1. The van der Waals surface area contributed by atoms with Gasteiger partial charge in [-0.1, -0.05) is 18.2 Å². The molecule has 1 aliphatic heterocycles. The van der Waals surface area contributed by atoms with Crippen molar-refractivity contribution in [3.63, 3.8) is 0 Å². The SMILES string of the molecule is CN(CC(N)=O)CC1CCCN(CCc2cccc(C(F)(F)F)c2)C1. The molecule has 1 saturated heterocycles. The van der Waals surface area contributed by atoms with E-state index < -0.39 is 11.7 Å². The number of likely N-dealkylation sites (N-methyl/N-ethyl adjacent to an activating group) is 1. The lowest BCUT2D eigenvalue weighted by atomic mass is 9.97. The number of alkyl halides is 3. The molecule has 2 N–H and O–H groups in total. The molecule has 0 aliphatic carbocycles. The lowest BCUT2D eigenvalue weighted by Crippen LogP contribution is -2.42. The number of rotatable bonds is 7. The largest absolute Gasteiger partial charge is 0.416 e. The van der Waals surface area contributed by atoms with Gasteiger partial charge in [0, 0.05) is 19.6 Å². The van der Waals surface area contributed by atoms with Crippen LogP contribution in [0, 0.1) is 5.92 Å². The minimum atomic E-state index is -4.29. The quantitative estimate of drug-likeness (QED) is 0.815. The van der Waals surface area contributed by atoms with Gasteiger partial charge in [0.05, 0.1) is 12.1 Å². The lowest BCUT2D eigenvalue weighted by Gasteiger charge is -2.34. The van der Waals surface area contributed by atoms with Crippen molar-refractivity contribution in [3.05, 3.63) is 35.4 Å². The van der Waals surface area contributed by atoms with Gasteiger partial charge in [-0.05, 0) is 50.4 Å². The predicted octanol–water partition coefficient (Wildman–Crippen LogP) is 2.38. The number of hydrogen-bond acceptors (Lipinski definition) is 3. The Morgan fingerprint density at radius 3 is 2.84 bits per heavy atom. The average molecular weight is 357 g/mol. The molecule has 4 nitrogen and oxygen atoms in total. The minimum absolute atomic E-state index is 0.251. The van der Waals surface area contributed by atoms with Crippen LogP contribution in [0.15, 0.2) is 24.3 Å². The van der Waals surface area contributed by atoms with Crippen LogP contribution < -0.4 is 5.73 Å². The second kappa shape index (κ2) is 8.67. The molecule has 7 heteroatoms. The maximum atomic E-state index is 12.8. The molecule has 1 amide bonds. The van der Waals surface area contributed by atoms with E-state index in [0.29, 0.717) is 17.9 Å². The summed E-state index contributed by atoms with van der Waals surface area (Å²) in [5.74, 6) is 0.124. The first kappa shape index (κ1) is 19.7. The minimum Gasteiger partial charge on any atom is -0.369 e. The summed E-state index contributed by atoms with van der Waals surface area (Å²) in [5.41, 5.74) is 5.33. The van der Waals surface area contributed by atoms with Crippen molar-refractivity contribution in [1.29, 1.82) is 0 Å². The summed E-state index contributed by atoms with van der Waals surface area (Å²) in [6, 6.07) is 5.56. The van der Waals surface area contributed by atoms with Gasteiger partial charge in [0.1, 0.15) is 0 Å². The zero-order valence-corrected chi connectivity index (χ0v) is 14.6. The number of halogens is 3. The van der Waals surface area contributed by atoms with E-state index in [-0.39, 0.29) is 12.5 Å². The number of benzene rings is 1. The van der Waals surface area contributed by atoms with E-state index in [9.17, 15) is 18.0 Å². The normalized spacial score (nSPS) is 19.3. The molecule has 1 heterocycles. The highest BCUT2D eigenvalue weighted by Crippen LogP contribution is 2.29. The van der Waals surface area contributed by atoms with E-state index in [4.69, 9.17) is 5.73 Å². The van der Waals surface area contributed by atoms with Crippen LogP contribution in [-0.2, 0) is 17.4 Å². The van der Waals surface area contributed by atoms with Crippen LogP contribution in [0.5, 0.6) is 0 Å². The third-order valence-electron chi connectivity index (χ3n) is 4.57. The molecule has 0 aromatic heterocycles. The first-order chi connectivity index (χ1) is 11.7. The molecule has 0 radical (unpaired) electrons. The molecule has 1 unspecified atom stereocenters. The fraction of sp³-hybridized carbons (Fsp3) is 0.611. The number of hydrogen-bond donors (Lipinski definition) is 1. The van der Waals surface area contributed by atoms with Crippen molar-refractivity contribution in [3.8, 4) is 0 Å². The Bertz CT molecular complexity index is 577. The van der Waals surface area contributed by atoms with E-state index >= 15 is 0 Å². The first-order valence-corrected chi connectivity index (χ1v) is 8.59. The number of carbonyl (C=O) groups is 1. The Morgan fingerprint density at radius 1 is 1.40 bits per heavy atom. The van der Waals surface area contributed by atoms with Gasteiger partial charge in [-0.3, -0.25) is 9.69 Å². The predicted molar refractivity (Wildman–Crippen MR) is 91.0 cm³/mol. The molecule has 1 aromatic carbocycles. The molecule has 2 rings (SSSR count). The summed E-state index contributed by atoms with van der Waals surface area (Å²) in [4.78, 5) is 15.2. The van der Waals surface area contributed by atoms with E-state index in [0.717, 1.165) is 45.1 Å². The van der Waals surface area contributed by atoms with Crippen molar-refractivity contribution in [2.75, 3.05) is 39.8 Å². The van der Waals surface area contributed by atoms with Crippen molar-refractivity contribution < 1.29 is 18.0 Å². The third-order valence-corrected chi connectivity index (χ3v) is 4.57. The van der Waals surface area contributed by atoms with Gasteiger partial charge in [0.2, 0.25) is 5.91 Å². The Kier molecular flexibility index (Phi) is 6.84. The van der Waals surface area contributed by atoms with Crippen LogP contribution in [0.1, 0.15) is 24.0 Å². The molecule has 1 atom stereocenters. The van der Waals surface area contributed by atoms with E-state index in [1.165, 1.54) is 12.1 Å². The molecular weight excluding hydrogens is 331 g/mol. The second-order valence-electron chi connectivity index (χ2n) is 6.92. The zero-order chi connectivity index (χ0) is 18.4. The Labute approximate surface area is 146 Å². The van der Waals surface area contributed by atoms with E-state index in [1.54, 1.807) is 6.07 Å². The van der Waals surface area contributed by atoms with Crippen LogP contribution in [0.2, 0.25) is 0 Å². The first-order valence-electron chi connectivity index (χ1n) is 8.59. The Morgan fingerprint density at radius 2 is 2.16 bits per heavy atom. The van der Waals surface area contributed by atoms with Gasteiger partial charge in [0.25, 0.3) is 0 Å². The Balaban J connectivity index is 1.83. The average Bonchev–Trinajstić information content (AvgIpc) is 2.52. The number of likely N-dealkylation sites (tertiary alicyclic amines) is 1. The maximum Gasteiger partial charge on any atom is 0.416 e. The summed E-state index contributed by atoms with van der Waals surface area (Å²) in [7, 11) is 1.88. The van der Waals surface area contributed by atoms with E-state index in [2.05, 4.69) is 4.90 Å². The van der Waals surface area contributed by atoms with Gasteiger partial charge >= 0.3 is 6.18 Å². The fourth-order valence-electron chi connectivity index (χ4n) is 3.47. The summed E-state index contributed by atoms with van der Waals surface area (Å²) in [6.07, 6.45) is -1.52. The van der Waals surface area contributed by atoms with Crippen LogP contribution in [0.4, 0.5) is 13.2 Å². The summed E-state index contributed by atoms with van der Waals surface area (Å²) < 4.78 is 38.3. The zero-order valence-electron chi connectivity index (χ0n) is 14.6. The van der Waals surface area contributed by atoms with Crippen molar-refractivity contribution in [2.24, 2.45) is 11.7 Å². The van der Waals surface area contributed by atoms with Crippen LogP contribution in [0.3, 0.4) is 0 Å². The maximum absolute atomic E-state index is 12.8. The van der Waals surface area contributed by atoms with Gasteiger partial charge in [-0.25, -0.2) is 0 Å². The van der Waals surface area contributed by atoms with Crippen LogP contribution >= 0.6 is 0 Å². The van der Waals surface area contributed by atoms with Gasteiger partial charge < -0.3 is 10.6 Å². The molecule has 1 aliphatic rings. The highest BCUT2D eigenvalue weighted by Gasteiger charge is 2.30. The standard InChI is InChI=1S/C18H26F3N3O/c1-23(13-17(22)25)11-15-5-3-8-24(12-15)9-7-14-4-2-6-16(10-14)18(19,20)21/h2,4,6,10,15H,3,5,7-9,11-13H2,1H3,(H2,22,25). The lowest BCUT2D eigenvalue weighted by molar-refractivity contribution is -0.137. The van der Waals surface area contributed by atoms with Gasteiger partial charge in [0.15, 0.2) is 0 Å². The van der Waals surface area contributed by atoms with Crippen molar-refractivity contribution in [1.82, 2.24) is 9.80 Å². The Hall–Kier alpha value is -1.60. The third kappa shape index (κ3) is 6.66. The number of carbonyl (C=O) groups excluding carboxylic acids is 1. The molecule has 0 bridgehead atoms. The second-order valence-corrected chi connectivity index (χ2v) is 6.92. The van der Waals surface area contributed by atoms with Gasteiger partial charge in [-0.2, -0.15) is 13.2 Å². The number of piperidine rings is 1. The summed E-state index contributed by atoms with van der Waals surface area (Å²) in [6.45, 7) is 3.68. The highest BCUT2D eigenvalue weighted by atomic mass is 19.4. The smallest absolute Gasteiger partial charge is 0.369 e. The molecule has 0 spiro atoms. The summed E-state index contributed by atoms with van der Waals surface area (Å²) in [5, 5.41) is 0. The van der Waals surface area contributed by atoms with Crippen molar-refractivity contribution in [2.45, 2.75) is 25.4 Å². The van der Waals surface area contributed by atoms with Gasteiger partial charge in [-0.15, -0.1) is 0 Å². The van der Waals surface area contributed by atoms with Crippen LogP contribution in [0.25, 0.3) is 0 Å². The molecule has 1 aromatic rings. The molecule has 1 fully saturated rings. The molecule has 0 saturated carbocycles. The summed E-state index contributed by atoms with van der Waals surface area (Å²) >= 11 is 0. The number of nitrogens with zero attached hydrogens (tertiary/aromatic N) is 2. The monoisotopic (exact) mass is 357 g/mol. The number of nitrogens with two attached hydrogens (primary N) is 1. The topological polar surface area (TPSA) is 49.6 Å². The van der Waals surface area contributed by atoms with E-state index in [1.807, 2.05) is 11.9 Å². The van der Waals surface area contributed by atoms with Crippen molar-refractivity contribution >= 4 is 5.91 Å². The molecule has 25 heavy (non-hydrogen) atoms. The van der Waals surface area contributed by atoms with Crippen LogP contribution in [-0.4, -0.2) is 55.5 Å². The highest BCUT2D eigenvalue weighted by molar-refractivity contribution is 5.75. The molecule has 140 valence electrons. The number of amides is 1.